The van der Waals surface area contributed by atoms with Gasteiger partial charge in [-0.05, 0) is 6.92 Å². The highest BCUT2D eigenvalue weighted by Gasteiger charge is 2.33. The second-order valence-corrected chi connectivity index (χ2v) is 2.94. The molecule has 0 saturated carbocycles. The predicted octanol–water partition coefficient (Wildman–Crippen LogP) is -1.12. The summed E-state index contributed by atoms with van der Waals surface area (Å²) in [4.78, 5) is 0. The van der Waals surface area contributed by atoms with Crippen molar-refractivity contribution in [2.75, 3.05) is 6.61 Å². The van der Waals surface area contributed by atoms with E-state index < -0.39 is 18.3 Å². The summed E-state index contributed by atoms with van der Waals surface area (Å²) in [6.45, 7) is 1.57. The van der Waals surface area contributed by atoms with Crippen molar-refractivity contribution in [1.29, 1.82) is 0 Å². The Hall–Kier alpha value is -0.160. The molecule has 4 heteroatoms. The Morgan fingerprint density at radius 3 is 2.55 bits per heavy atom. The van der Waals surface area contributed by atoms with Crippen LogP contribution in [0.5, 0.6) is 0 Å². The molecule has 0 amide bonds. The fourth-order valence-electron chi connectivity index (χ4n) is 1.28. The van der Waals surface area contributed by atoms with E-state index in [9.17, 15) is 10.2 Å². The molecule has 0 bridgehead atoms. The monoisotopic (exact) mass is 162 g/mol. The van der Waals surface area contributed by atoms with Gasteiger partial charge in [-0.1, -0.05) is 0 Å². The standard InChI is InChI=1S/C7H14O4/c1-4-7(10)6(9)2-5(3-8)11-4/h4-10H,2-3H2,1H3. The Kier molecular flexibility index (Phi) is 2.84. The second kappa shape index (κ2) is 3.49. The molecule has 0 aliphatic carbocycles. The Morgan fingerprint density at radius 2 is 2.09 bits per heavy atom. The van der Waals surface area contributed by atoms with Crippen molar-refractivity contribution in [1.82, 2.24) is 0 Å². The van der Waals surface area contributed by atoms with Gasteiger partial charge in [-0.15, -0.1) is 0 Å². The first kappa shape index (κ1) is 8.93. The lowest BCUT2D eigenvalue weighted by Gasteiger charge is -2.34. The van der Waals surface area contributed by atoms with E-state index in [0.717, 1.165) is 0 Å². The van der Waals surface area contributed by atoms with Gasteiger partial charge in [0.1, 0.15) is 6.10 Å². The predicted molar refractivity (Wildman–Crippen MR) is 38.1 cm³/mol. The molecule has 11 heavy (non-hydrogen) atoms. The van der Waals surface area contributed by atoms with Gasteiger partial charge in [0.05, 0.1) is 24.9 Å². The van der Waals surface area contributed by atoms with Gasteiger partial charge < -0.3 is 20.1 Å². The number of hydrogen-bond acceptors (Lipinski definition) is 4. The fourth-order valence-corrected chi connectivity index (χ4v) is 1.28. The van der Waals surface area contributed by atoms with Crippen LogP contribution in [0.4, 0.5) is 0 Å². The highest BCUT2D eigenvalue weighted by Crippen LogP contribution is 2.19. The largest absolute Gasteiger partial charge is 0.394 e. The van der Waals surface area contributed by atoms with Crippen molar-refractivity contribution in [2.45, 2.75) is 37.8 Å². The lowest BCUT2D eigenvalue weighted by atomic mass is 9.99. The third kappa shape index (κ3) is 1.90. The molecule has 0 radical (unpaired) electrons. The average molecular weight is 162 g/mol. The first-order chi connectivity index (χ1) is 5.15. The molecule has 0 aromatic rings. The maximum atomic E-state index is 9.21. The zero-order valence-electron chi connectivity index (χ0n) is 6.47. The molecular formula is C7H14O4. The Balaban J connectivity index is 2.47. The molecule has 1 rings (SSSR count). The van der Waals surface area contributed by atoms with Gasteiger partial charge in [0, 0.05) is 6.42 Å². The van der Waals surface area contributed by atoms with Crippen molar-refractivity contribution >= 4 is 0 Å². The van der Waals surface area contributed by atoms with Crippen LogP contribution < -0.4 is 0 Å². The summed E-state index contributed by atoms with van der Waals surface area (Å²) in [7, 11) is 0. The van der Waals surface area contributed by atoms with Gasteiger partial charge in [-0.2, -0.15) is 0 Å². The molecule has 1 aliphatic rings. The van der Waals surface area contributed by atoms with Crippen LogP contribution in [-0.2, 0) is 4.74 Å². The van der Waals surface area contributed by atoms with Crippen LogP contribution in [0.15, 0.2) is 0 Å². The molecule has 4 nitrogen and oxygen atoms in total. The van der Waals surface area contributed by atoms with Gasteiger partial charge in [-0.3, -0.25) is 0 Å². The summed E-state index contributed by atoms with van der Waals surface area (Å²) in [5.41, 5.74) is 0. The topological polar surface area (TPSA) is 69.9 Å². The molecule has 0 aromatic carbocycles. The van der Waals surface area contributed by atoms with E-state index in [4.69, 9.17) is 9.84 Å². The summed E-state index contributed by atoms with van der Waals surface area (Å²) in [5, 5.41) is 27.1. The summed E-state index contributed by atoms with van der Waals surface area (Å²) in [6, 6.07) is 0. The number of rotatable bonds is 1. The molecule has 1 aliphatic heterocycles. The van der Waals surface area contributed by atoms with Gasteiger partial charge in [0.15, 0.2) is 0 Å². The molecule has 1 heterocycles. The van der Waals surface area contributed by atoms with Crippen LogP contribution in [-0.4, -0.2) is 46.3 Å². The number of aliphatic hydroxyl groups is 3. The highest BCUT2D eigenvalue weighted by molar-refractivity contribution is 4.82. The van der Waals surface area contributed by atoms with Crippen LogP contribution in [0.2, 0.25) is 0 Å². The number of hydrogen-bond donors (Lipinski definition) is 3. The van der Waals surface area contributed by atoms with Crippen LogP contribution in [0.25, 0.3) is 0 Å². The van der Waals surface area contributed by atoms with E-state index in [1.54, 1.807) is 6.92 Å². The SMILES string of the molecule is CC1OC(CO)CC(O)C1O. The molecule has 4 atom stereocenters. The van der Waals surface area contributed by atoms with Crippen molar-refractivity contribution < 1.29 is 20.1 Å². The van der Waals surface area contributed by atoms with Gasteiger partial charge in [0.25, 0.3) is 0 Å². The summed E-state index contributed by atoms with van der Waals surface area (Å²) >= 11 is 0. The molecule has 1 saturated heterocycles. The van der Waals surface area contributed by atoms with E-state index in [1.165, 1.54) is 0 Å². The van der Waals surface area contributed by atoms with E-state index >= 15 is 0 Å². The Labute approximate surface area is 65.4 Å². The highest BCUT2D eigenvalue weighted by atomic mass is 16.5. The molecule has 66 valence electrons. The molecule has 1 fully saturated rings. The Bertz CT molecular complexity index is 116. The first-order valence-electron chi connectivity index (χ1n) is 3.77. The maximum Gasteiger partial charge on any atom is 0.106 e. The fraction of sp³-hybridized carbons (Fsp3) is 1.00. The van der Waals surface area contributed by atoms with Crippen LogP contribution in [0, 0.1) is 0 Å². The lowest BCUT2D eigenvalue weighted by molar-refractivity contribution is -0.170. The number of ether oxygens (including phenoxy) is 1. The minimum absolute atomic E-state index is 0.103. The molecule has 3 N–H and O–H groups in total. The zero-order chi connectivity index (χ0) is 8.43. The summed E-state index contributed by atoms with van der Waals surface area (Å²) in [5.74, 6) is 0. The van der Waals surface area contributed by atoms with Crippen molar-refractivity contribution in [3.8, 4) is 0 Å². The smallest absolute Gasteiger partial charge is 0.106 e. The van der Waals surface area contributed by atoms with Crippen LogP contribution in [0.1, 0.15) is 13.3 Å². The summed E-state index contributed by atoms with van der Waals surface area (Å²) in [6.07, 6.45) is -2.00. The van der Waals surface area contributed by atoms with Gasteiger partial charge in [0.2, 0.25) is 0 Å². The van der Waals surface area contributed by atoms with Gasteiger partial charge in [-0.25, -0.2) is 0 Å². The molecule has 0 spiro atoms. The Morgan fingerprint density at radius 1 is 1.45 bits per heavy atom. The van der Waals surface area contributed by atoms with Crippen molar-refractivity contribution in [2.24, 2.45) is 0 Å². The van der Waals surface area contributed by atoms with E-state index in [-0.39, 0.29) is 12.7 Å². The first-order valence-corrected chi connectivity index (χ1v) is 3.77. The van der Waals surface area contributed by atoms with Crippen LogP contribution >= 0.6 is 0 Å². The average Bonchev–Trinajstić information content (AvgIpc) is 1.99. The van der Waals surface area contributed by atoms with E-state index in [0.29, 0.717) is 6.42 Å². The molecule has 0 aromatic heterocycles. The third-order valence-electron chi connectivity index (χ3n) is 1.99. The lowest BCUT2D eigenvalue weighted by Crippen LogP contribution is -2.47. The van der Waals surface area contributed by atoms with E-state index in [1.807, 2.05) is 0 Å². The van der Waals surface area contributed by atoms with E-state index in [2.05, 4.69) is 0 Å². The van der Waals surface area contributed by atoms with Crippen LogP contribution in [0.3, 0.4) is 0 Å². The minimum Gasteiger partial charge on any atom is -0.394 e. The van der Waals surface area contributed by atoms with Crippen molar-refractivity contribution in [3.63, 3.8) is 0 Å². The second-order valence-electron chi connectivity index (χ2n) is 2.94. The zero-order valence-corrected chi connectivity index (χ0v) is 6.47. The van der Waals surface area contributed by atoms with Gasteiger partial charge >= 0.3 is 0 Å². The number of aliphatic hydroxyl groups excluding tert-OH is 3. The third-order valence-corrected chi connectivity index (χ3v) is 1.99. The minimum atomic E-state index is -0.821. The molecular weight excluding hydrogens is 148 g/mol. The normalized spacial score (nSPS) is 45.8. The maximum absolute atomic E-state index is 9.21. The summed E-state index contributed by atoms with van der Waals surface area (Å²) < 4.78 is 5.16. The molecule has 4 unspecified atom stereocenters. The quantitative estimate of drug-likeness (QED) is 0.456. The van der Waals surface area contributed by atoms with Crippen molar-refractivity contribution in [3.05, 3.63) is 0 Å².